The number of hydrogen-bond donors (Lipinski definition) is 1. The minimum Gasteiger partial charge on any atom is -0.396 e. The SMILES string of the molecule is OC[C@H]1CO[C@H]2OCCC[C@@H]12. The Balaban J connectivity index is 1.98. The van der Waals surface area contributed by atoms with E-state index in [4.69, 9.17) is 14.6 Å². The van der Waals surface area contributed by atoms with E-state index in [-0.39, 0.29) is 12.9 Å². The van der Waals surface area contributed by atoms with Crippen LogP contribution in [0.25, 0.3) is 0 Å². The van der Waals surface area contributed by atoms with Gasteiger partial charge in [-0.2, -0.15) is 0 Å². The highest BCUT2D eigenvalue weighted by atomic mass is 16.7. The maximum atomic E-state index is 8.97. The van der Waals surface area contributed by atoms with E-state index in [1.807, 2.05) is 0 Å². The summed E-state index contributed by atoms with van der Waals surface area (Å²) >= 11 is 0. The van der Waals surface area contributed by atoms with Crippen molar-refractivity contribution in [3.05, 3.63) is 0 Å². The van der Waals surface area contributed by atoms with E-state index in [0.29, 0.717) is 18.4 Å². The quantitative estimate of drug-likeness (QED) is 0.599. The Hall–Kier alpha value is -0.120. The van der Waals surface area contributed by atoms with Gasteiger partial charge in [0, 0.05) is 25.0 Å². The van der Waals surface area contributed by atoms with E-state index in [2.05, 4.69) is 0 Å². The van der Waals surface area contributed by atoms with Gasteiger partial charge in [0.1, 0.15) is 0 Å². The summed E-state index contributed by atoms with van der Waals surface area (Å²) in [6.45, 7) is 1.73. The van der Waals surface area contributed by atoms with Crippen LogP contribution in [0.4, 0.5) is 0 Å². The second-order valence-corrected chi connectivity index (χ2v) is 3.32. The predicted molar refractivity (Wildman–Crippen MR) is 39.0 cm³/mol. The van der Waals surface area contributed by atoms with Gasteiger partial charge in [0.05, 0.1) is 6.61 Å². The van der Waals surface area contributed by atoms with Crippen LogP contribution in [0.1, 0.15) is 12.8 Å². The number of fused-ring (bicyclic) bond motifs is 1. The molecule has 3 nitrogen and oxygen atoms in total. The molecule has 11 heavy (non-hydrogen) atoms. The van der Waals surface area contributed by atoms with Crippen LogP contribution in [0, 0.1) is 11.8 Å². The Labute approximate surface area is 66.3 Å². The van der Waals surface area contributed by atoms with Crippen LogP contribution in [0.15, 0.2) is 0 Å². The van der Waals surface area contributed by atoms with Crippen molar-refractivity contribution in [2.75, 3.05) is 19.8 Å². The van der Waals surface area contributed by atoms with E-state index in [1.165, 1.54) is 0 Å². The van der Waals surface area contributed by atoms with Gasteiger partial charge in [-0.3, -0.25) is 0 Å². The molecule has 3 atom stereocenters. The molecule has 1 N–H and O–H groups in total. The van der Waals surface area contributed by atoms with Gasteiger partial charge in [-0.05, 0) is 12.8 Å². The van der Waals surface area contributed by atoms with Crippen molar-refractivity contribution in [3.63, 3.8) is 0 Å². The van der Waals surface area contributed by atoms with Crippen LogP contribution in [-0.4, -0.2) is 31.2 Å². The van der Waals surface area contributed by atoms with Crippen LogP contribution >= 0.6 is 0 Å². The molecule has 2 rings (SSSR count). The second-order valence-electron chi connectivity index (χ2n) is 3.32. The fourth-order valence-electron chi connectivity index (χ4n) is 1.94. The van der Waals surface area contributed by atoms with Crippen molar-refractivity contribution in [1.29, 1.82) is 0 Å². The lowest BCUT2D eigenvalue weighted by molar-refractivity contribution is -0.151. The summed E-state index contributed by atoms with van der Waals surface area (Å²) in [4.78, 5) is 0. The normalized spacial score (nSPS) is 43.9. The average Bonchev–Trinajstić information content (AvgIpc) is 2.47. The first-order valence-corrected chi connectivity index (χ1v) is 4.26. The zero-order valence-electron chi connectivity index (χ0n) is 6.53. The molecule has 0 amide bonds. The number of hydrogen-bond acceptors (Lipinski definition) is 3. The standard InChI is InChI=1S/C8H14O3/c9-4-6-5-11-8-7(6)2-1-3-10-8/h6-9H,1-5H2/t6-,7-,8+/m0/s1. The van der Waals surface area contributed by atoms with Gasteiger partial charge in [-0.25, -0.2) is 0 Å². The first-order valence-electron chi connectivity index (χ1n) is 4.26. The van der Waals surface area contributed by atoms with Gasteiger partial charge in [0.2, 0.25) is 0 Å². The number of rotatable bonds is 1. The van der Waals surface area contributed by atoms with Gasteiger partial charge < -0.3 is 14.6 Å². The predicted octanol–water partition coefficient (Wildman–Crippen LogP) is 0.378. The number of aliphatic hydroxyl groups is 1. The Morgan fingerprint density at radius 3 is 3.09 bits per heavy atom. The zero-order chi connectivity index (χ0) is 7.68. The highest BCUT2D eigenvalue weighted by Crippen LogP contribution is 2.34. The summed E-state index contributed by atoms with van der Waals surface area (Å²) in [5, 5.41) is 8.97. The molecule has 3 heteroatoms. The lowest BCUT2D eigenvalue weighted by atomic mass is 9.90. The van der Waals surface area contributed by atoms with Crippen molar-refractivity contribution in [1.82, 2.24) is 0 Å². The van der Waals surface area contributed by atoms with Crippen molar-refractivity contribution >= 4 is 0 Å². The molecule has 0 aromatic rings. The summed E-state index contributed by atoms with van der Waals surface area (Å²) in [5.74, 6) is 0.772. The molecule has 0 aliphatic carbocycles. The third kappa shape index (κ3) is 1.28. The first kappa shape index (κ1) is 7.53. The van der Waals surface area contributed by atoms with Crippen LogP contribution in [0.5, 0.6) is 0 Å². The molecule has 0 saturated carbocycles. The topological polar surface area (TPSA) is 38.7 Å². The molecule has 2 aliphatic heterocycles. The first-order chi connectivity index (χ1) is 5.42. The minimum absolute atomic E-state index is 0.0131. The van der Waals surface area contributed by atoms with E-state index >= 15 is 0 Å². The Morgan fingerprint density at radius 2 is 2.27 bits per heavy atom. The highest BCUT2D eigenvalue weighted by Gasteiger charge is 2.38. The van der Waals surface area contributed by atoms with Gasteiger partial charge in [-0.1, -0.05) is 0 Å². The van der Waals surface area contributed by atoms with E-state index < -0.39 is 0 Å². The number of aliphatic hydroxyl groups excluding tert-OH is 1. The van der Waals surface area contributed by atoms with Gasteiger partial charge in [0.15, 0.2) is 6.29 Å². The Bertz CT molecular complexity index is 131. The summed E-state index contributed by atoms with van der Waals surface area (Å²) in [6, 6.07) is 0. The van der Waals surface area contributed by atoms with Gasteiger partial charge in [-0.15, -0.1) is 0 Å². The molecule has 0 unspecified atom stereocenters. The average molecular weight is 158 g/mol. The lowest BCUT2D eigenvalue weighted by Gasteiger charge is -2.26. The Morgan fingerprint density at radius 1 is 1.36 bits per heavy atom. The molecule has 0 radical (unpaired) electrons. The molecule has 2 aliphatic rings. The van der Waals surface area contributed by atoms with Crippen LogP contribution in [-0.2, 0) is 9.47 Å². The summed E-state index contributed by atoms with van der Waals surface area (Å²) in [5.41, 5.74) is 0. The van der Waals surface area contributed by atoms with Crippen molar-refractivity contribution in [2.45, 2.75) is 19.1 Å². The molecule has 2 fully saturated rings. The third-order valence-corrected chi connectivity index (χ3v) is 2.63. The van der Waals surface area contributed by atoms with E-state index in [1.54, 1.807) is 0 Å². The van der Waals surface area contributed by atoms with E-state index in [9.17, 15) is 0 Å². The van der Waals surface area contributed by atoms with Gasteiger partial charge in [0.25, 0.3) is 0 Å². The van der Waals surface area contributed by atoms with Gasteiger partial charge >= 0.3 is 0 Å². The largest absolute Gasteiger partial charge is 0.396 e. The van der Waals surface area contributed by atoms with Crippen molar-refractivity contribution < 1.29 is 14.6 Å². The molecule has 64 valence electrons. The fourth-order valence-corrected chi connectivity index (χ4v) is 1.94. The molecular formula is C8H14O3. The third-order valence-electron chi connectivity index (χ3n) is 2.63. The van der Waals surface area contributed by atoms with Crippen LogP contribution in [0.2, 0.25) is 0 Å². The summed E-state index contributed by atoms with van der Waals surface area (Å²) < 4.78 is 10.8. The van der Waals surface area contributed by atoms with E-state index in [0.717, 1.165) is 19.4 Å². The highest BCUT2D eigenvalue weighted by molar-refractivity contribution is 4.80. The summed E-state index contributed by atoms with van der Waals surface area (Å²) in [7, 11) is 0. The van der Waals surface area contributed by atoms with Crippen molar-refractivity contribution in [2.24, 2.45) is 11.8 Å². The maximum absolute atomic E-state index is 8.97. The molecular weight excluding hydrogens is 144 g/mol. The molecule has 2 heterocycles. The molecule has 2 saturated heterocycles. The Kier molecular flexibility index (Phi) is 2.11. The summed E-state index contributed by atoms with van der Waals surface area (Å²) in [6.07, 6.45) is 2.25. The number of ether oxygens (including phenoxy) is 2. The van der Waals surface area contributed by atoms with Crippen LogP contribution < -0.4 is 0 Å². The zero-order valence-corrected chi connectivity index (χ0v) is 6.53. The molecule has 0 aromatic heterocycles. The van der Waals surface area contributed by atoms with Crippen molar-refractivity contribution in [3.8, 4) is 0 Å². The molecule has 0 aromatic carbocycles. The second kappa shape index (κ2) is 3.09. The fraction of sp³-hybridized carbons (Fsp3) is 1.00. The lowest BCUT2D eigenvalue weighted by Crippen LogP contribution is -2.29. The molecule has 0 spiro atoms. The minimum atomic E-state index is -0.0131. The molecule has 0 bridgehead atoms. The van der Waals surface area contributed by atoms with Crippen LogP contribution in [0.3, 0.4) is 0 Å². The maximum Gasteiger partial charge on any atom is 0.160 e. The smallest absolute Gasteiger partial charge is 0.160 e. The monoisotopic (exact) mass is 158 g/mol.